The summed E-state index contributed by atoms with van der Waals surface area (Å²) in [6.07, 6.45) is 3.05. The number of anilines is 1. The van der Waals surface area contributed by atoms with Crippen molar-refractivity contribution < 1.29 is 0 Å². The van der Waals surface area contributed by atoms with Crippen molar-refractivity contribution in [1.82, 2.24) is 15.0 Å². The summed E-state index contributed by atoms with van der Waals surface area (Å²) >= 11 is 11.9. The highest BCUT2D eigenvalue weighted by Crippen LogP contribution is 2.31. The second kappa shape index (κ2) is 4.23. The zero-order chi connectivity index (χ0) is 11.7. The molecule has 0 saturated heterocycles. The smallest absolute Gasteiger partial charge is 0.148 e. The SMILES string of the molecule is Cc1nc(N)cnc1-c1ccnc(Cl)c1Cl. The van der Waals surface area contributed by atoms with Gasteiger partial charge in [-0.05, 0) is 13.0 Å². The Morgan fingerprint density at radius 1 is 1.25 bits per heavy atom. The first-order valence-electron chi connectivity index (χ1n) is 4.49. The Balaban J connectivity index is 2.63. The number of hydrogen-bond donors (Lipinski definition) is 1. The Labute approximate surface area is 102 Å². The van der Waals surface area contributed by atoms with Crippen LogP contribution in [0, 0.1) is 6.92 Å². The van der Waals surface area contributed by atoms with Crippen LogP contribution in [0.5, 0.6) is 0 Å². The first kappa shape index (κ1) is 11.1. The van der Waals surface area contributed by atoms with Crippen LogP contribution >= 0.6 is 23.2 Å². The molecule has 2 heterocycles. The maximum absolute atomic E-state index is 6.05. The molecule has 0 aliphatic heterocycles. The first-order chi connectivity index (χ1) is 7.59. The normalized spacial score (nSPS) is 10.4. The van der Waals surface area contributed by atoms with Gasteiger partial charge in [-0.1, -0.05) is 23.2 Å². The third-order valence-electron chi connectivity index (χ3n) is 2.07. The Morgan fingerprint density at radius 3 is 2.69 bits per heavy atom. The number of nitrogens with two attached hydrogens (primary N) is 1. The van der Waals surface area contributed by atoms with E-state index in [0.29, 0.717) is 27.8 Å². The highest BCUT2D eigenvalue weighted by atomic mass is 35.5. The molecule has 0 unspecified atom stereocenters. The molecule has 0 saturated carbocycles. The molecule has 0 aliphatic carbocycles. The van der Waals surface area contributed by atoms with E-state index in [-0.39, 0.29) is 5.15 Å². The molecule has 0 fully saturated rings. The molecule has 0 aliphatic rings. The fourth-order valence-electron chi connectivity index (χ4n) is 1.37. The summed E-state index contributed by atoms with van der Waals surface area (Å²) in [6.45, 7) is 1.81. The Bertz CT molecular complexity index is 542. The van der Waals surface area contributed by atoms with Crippen molar-refractivity contribution >= 4 is 29.0 Å². The number of hydrogen-bond acceptors (Lipinski definition) is 4. The van der Waals surface area contributed by atoms with E-state index in [1.54, 1.807) is 12.3 Å². The lowest BCUT2D eigenvalue weighted by Crippen LogP contribution is -1.98. The van der Waals surface area contributed by atoms with Crippen molar-refractivity contribution in [3.63, 3.8) is 0 Å². The van der Waals surface area contributed by atoms with Crippen molar-refractivity contribution in [2.24, 2.45) is 0 Å². The Morgan fingerprint density at radius 2 is 2.00 bits per heavy atom. The van der Waals surface area contributed by atoms with Gasteiger partial charge in [0.1, 0.15) is 11.0 Å². The molecule has 82 valence electrons. The topological polar surface area (TPSA) is 64.7 Å². The van der Waals surface area contributed by atoms with Crippen molar-refractivity contribution in [3.8, 4) is 11.3 Å². The summed E-state index contributed by atoms with van der Waals surface area (Å²) in [5.41, 5.74) is 7.58. The van der Waals surface area contributed by atoms with Crippen LogP contribution in [0.4, 0.5) is 5.82 Å². The van der Waals surface area contributed by atoms with Crippen molar-refractivity contribution in [1.29, 1.82) is 0 Å². The lowest BCUT2D eigenvalue weighted by Gasteiger charge is -2.07. The van der Waals surface area contributed by atoms with E-state index >= 15 is 0 Å². The third kappa shape index (κ3) is 1.94. The maximum Gasteiger partial charge on any atom is 0.148 e. The molecule has 2 N–H and O–H groups in total. The molecule has 6 heteroatoms. The van der Waals surface area contributed by atoms with Crippen LogP contribution < -0.4 is 5.73 Å². The number of nitrogens with zero attached hydrogens (tertiary/aromatic N) is 3. The van der Waals surface area contributed by atoms with Crippen LogP contribution in [0.2, 0.25) is 10.2 Å². The van der Waals surface area contributed by atoms with Gasteiger partial charge in [-0.25, -0.2) is 9.97 Å². The fraction of sp³-hybridized carbons (Fsp3) is 0.100. The van der Waals surface area contributed by atoms with Crippen LogP contribution in [0.3, 0.4) is 0 Å². The van der Waals surface area contributed by atoms with Crippen molar-refractivity contribution in [2.75, 3.05) is 5.73 Å². The summed E-state index contributed by atoms with van der Waals surface area (Å²) in [4.78, 5) is 12.2. The van der Waals surface area contributed by atoms with Gasteiger partial charge in [-0.3, -0.25) is 4.98 Å². The van der Waals surface area contributed by atoms with Gasteiger partial charge in [0, 0.05) is 11.8 Å². The lowest BCUT2D eigenvalue weighted by molar-refractivity contribution is 1.13. The summed E-state index contributed by atoms with van der Waals surface area (Å²) in [6, 6.07) is 1.74. The molecular weight excluding hydrogens is 247 g/mol. The second-order valence-corrected chi connectivity index (χ2v) is 3.93. The molecule has 0 aromatic carbocycles. The molecule has 16 heavy (non-hydrogen) atoms. The molecule has 0 amide bonds. The van der Waals surface area contributed by atoms with E-state index in [1.807, 2.05) is 6.92 Å². The second-order valence-electron chi connectivity index (χ2n) is 3.19. The molecule has 0 radical (unpaired) electrons. The number of halogens is 2. The first-order valence-corrected chi connectivity index (χ1v) is 5.24. The van der Waals surface area contributed by atoms with Crippen molar-refractivity contribution in [3.05, 3.63) is 34.3 Å². The quantitative estimate of drug-likeness (QED) is 0.795. The van der Waals surface area contributed by atoms with Gasteiger partial charge in [0.2, 0.25) is 0 Å². The van der Waals surface area contributed by atoms with E-state index in [9.17, 15) is 0 Å². The highest BCUT2D eigenvalue weighted by Gasteiger charge is 2.12. The molecule has 4 nitrogen and oxygen atoms in total. The number of aromatic nitrogens is 3. The summed E-state index contributed by atoms with van der Waals surface area (Å²) in [7, 11) is 0. The average molecular weight is 255 g/mol. The minimum Gasteiger partial charge on any atom is -0.382 e. The van der Waals surface area contributed by atoms with Gasteiger partial charge >= 0.3 is 0 Å². The molecule has 0 bridgehead atoms. The predicted molar refractivity (Wildman–Crippen MR) is 64.4 cm³/mol. The molecule has 0 atom stereocenters. The van der Waals surface area contributed by atoms with Crippen LogP contribution in [0.25, 0.3) is 11.3 Å². The van der Waals surface area contributed by atoms with Crippen molar-refractivity contribution in [2.45, 2.75) is 6.92 Å². The monoisotopic (exact) mass is 254 g/mol. The molecule has 0 spiro atoms. The minimum atomic E-state index is 0.247. The molecule has 2 aromatic rings. The zero-order valence-corrected chi connectivity index (χ0v) is 9.92. The van der Waals surface area contributed by atoms with Crippen LogP contribution in [-0.4, -0.2) is 15.0 Å². The lowest BCUT2D eigenvalue weighted by atomic mass is 10.1. The van der Waals surface area contributed by atoms with Gasteiger partial charge in [0.15, 0.2) is 0 Å². The number of rotatable bonds is 1. The zero-order valence-electron chi connectivity index (χ0n) is 8.41. The molecular formula is C10H8Cl2N4. The maximum atomic E-state index is 6.05. The van der Waals surface area contributed by atoms with E-state index in [1.165, 1.54) is 6.20 Å². The van der Waals surface area contributed by atoms with Gasteiger partial charge in [0.05, 0.1) is 22.6 Å². The fourth-order valence-corrected chi connectivity index (χ4v) is 1.72. The average Bonchev–Trinajstić information content (AvgIpc) is 2.23. The van der Waals surface area contributed by atoms with Gasteiger partial charge in [0.25, 0.3) is 0 Å². The van der Waals surface area contributed by atoms with Crippen LogP contribution in [0.15, 0.2) is 18.5 Å². The summed E-state index contributed by atoms with van der Waals surface area (Å²) in [5, 5.41) is 0.614. The van der Waals surface area contributed by atoms with E-state index < -0.39 is 0 Å². The predicted octanol–water partition coefficient (Wildman–Crippen LogP) is 2.74. The van der Waals surface area contributed by atoms with Gasteiger partial charge in [-0.15, -0.1) is 0 Å². The van der Waals surface area contributed by atoms with E-state index in [4.69, 9.17) is 28.9 Å². The number of pyridine rings is 1. The highest BCUT2D eigenvalue weighted by molar-refractivity contribution is 6.42. The largest absolute Gasteiger partial charge is 0.382 e. The number of nitrogen functional groups attached to an aromatic ring is 1. The number of aryl methyl sites for hydroxylation is 1. The van der Waals surface area contributed by atoms with Gasteiger partial charge in [-0.2, -0.15) is 0 Å². The van der Waals surface area contributed by atoms with Crippen LogP contribution in [-0.2, 0) is 0 Å². The molecule has 2 aromatic heterocycles. The molecule has 2 rings (SSSR count). The standard InChI is InChI=1S/C10H8Cl2N4/c1-5-9(15-4-7(13)16-5)6-2-3-14-10(12)8(6)11/h2-4H,1H3,(H2,13,16). The Kier molecular flexibility index (Phi) is 2.94. The third-order valence-corrected chi connectivity index (χ3v) is 2.83. The van der Waals surface area contributed by atoms with Crippen LogP contribution in [0.1, 0.15) is 5.69 Å². The van der Waals surface area contributed by atoms with Gasteiger partial charge < -0.3 is 5.73 Å². The summed E-state index contributed by atoms with van der Waals surface area (Å²) in [5.74, 6) is 0.373. The minimum absolute atomic E-state index is 0.247. The van der Waals surface area contributed by atoms with E-state index in [0.717, 1.165) is 0 Å². The summed E-state index contributed by atoms with van der Waals surface area (Å²) < 4.78 is 0. The Hall–Kier alpha value is -1.39. The van der Waals surface area contributed by atoms with E-state index in [2.05, 4.69) is 15.0 Å².